The molecule has 0 spiro atoms. The highest BCUT2D eigenvalue weighted by Gasteiger charge is 2.41. The SMILES string of the molecule is CCN(C(=O)C1(C#N)CCCCCC1)C(C)C. The van der Waals surface area contributed by atoms with Crippen molar-refractivity contribution in [3.05, 3.63) is 0 Å². The van der Waals surface area contributed by atoms with Crippen LogP contribution >= 0.6 is 0 Å². The molecule has 3 heteroatoms. The van der Waals surface area contributed by atoms with E-state index in [1.54, 1.807) is 0 Å². The molecule has 17 heavy (non-hydrogen) atoms. The van der Waals surface area contributed by atoms with Gasteiger partial charge in [0.2, 0.25) is 5.91 Å². The minimum Gasteiger partial charge on any atom is -0.339 e. The second-order valence-electron chi connectivity index (χ2n) is 5.29. The summed E-state index contributed by atoms with van der Waals surface area (Å²) in [4.78, 5) is 14.4. The van der Waals surface area contributed by atoms with Crippen molar-refractivity contribution in [1.29, 1.82) is 5.26 Å². The van der Waals surface area contributed by atoms with Gasteiger partial charge in [-0.1, -0.05) is 25.7 Å². The summed E-state index contributed by atoms with van der Waals surface area (Å²) < 4.78 is 0. The van der Waals surface area contributed by atoms with Crippen molar-refractivity contribution in [2.24, 2.45) is 5.41 Å². The molecule has 0 N–H and O–H groups in total. The molecule has 1 aliphatic rings. The van der Waals surface area contributed by atoms with Crippen LogP contribution in [0, 0.1) is 16.7 Å². The Kier molecular flexibility index (Phi) is 4.99. The molecule has 1 rings (SSSR count). The molecule has 0 saturated heterocycles. The second kappa shape index (κ2) is 6.05. The van der Waals surface area contributed by atoms with Gasteiger partial charge in [0.1, 0.15) is 5.41 Å². The lowest BCUT2D eigenvalue weighted by atomic mass is 9.80. The van der Waals surface area contributed by atoms with Gasteiger partial charge in [-0.05, 0) is 33.6 Å². The van der Waals surface area contributed by atoms with E-state index in [1.807, 2.05) is 25.7 Å². The first-order chi connectivity index (χ1) is 8.07. The second-order valence-corrected chi connectivity index (χ2v) is 5.29. The van der Waals surface area contributed by atoms with Crippen LogP contribution in [0.15, 0.2) is 0 Å². The first kappa shape index (κ1) is 14.0. The lowest BCUT2D eigenvalue weighted by molar-refractivity contribution is -0.141. The zero-order valence-electron chi connectivity index (χ0n) is 11.3. The fraction of sp³-hybridized carbons (Fsp3) is 0.857. The van der Waals surface area contributed by atoms with Gasteiger partial charge in [-0.15, -0.1) is 0 Å². The van der Waals surface area contributed by atoms with Crippen LogP contribution in [0.1, 0.15) is 59.3 Å². The molecule has 3 nitrogen and oxygen atoms in total. The predicted molar refractivity (Wildman–Crippen MR) is 68.3 cm³/mol. The quantitative estimate of drug-likeness (QED) is 0.707. The fourth-order valence-electron chi connectivity index (χ4n) is 2.72. The molecule has 1 fully saturated rings. The maximum Gasteiger partial charge on any atom is 0.243 e. The lowest BCUT2D eigenvalue weighted by Gasteiger charge is -2.33. The molecule has 1 saturated carbocycles. The topological polar surface area (TPSA) is 44.1 Å². The fourth-order valence-corrected chi connectivity index (χ4v) is 2.72. The first-order valence-electron chi connectivity index (χ1n) is 6.79. The Bertz CT molecular complexity index is 296. The summed E-state index contributed by atoms with van der Waals surface area (Å²) in [7, 11) is 0. The number of carbonyl (C=O) groups is 1. The van der Waals surface area contributed by atoms with Gasteiger partial charge in [0, 0.05) is 12.6 Å². The first-order valence-corrected chi connectivity index (χ1v) is 6.79. The minimum atomic E-state index is -0.739. The molecule has 0 aliphatic heterocycles. The van der Waals surface area contributed by atoms with Crippen molar-refractivity contribution in [3.63, 3.8) is 0 Å². The number of nitrogens with zero attached hydrogens (tertiary/aromatic N) is 2. The molecular weight excluding hydrogens is 212 g/mol. The van der Waals surface area contributed by atoms with E-state index in [4.69, 9.17) is 0 Å². The van der Waals surface area contributed by atoms with Crippen molar-refractivity contribution in [1.82, 2.24) is 4.90 Å². The Balaban J connectivity index is 2.91. The Labute approximate surface area is 105 Å². The van der Waals surface area contributed by atoms with E-state index < -0.39 is 5.41 Å². The highest BCUT2D eigenvalue weighted by atomic mass is 16.2. The largest absolute Gasteiger partial charge is 0.339 e. The van der Waals surface area contributed by atoms with E-state index in [-0.39, 0.29) is 11.9 Å². The van der Waals surface area contributed by atoms with E-state index in [0.717, 1.165) is 38.5 Å². The third-order valence-corrected chi connectivity index (χ3v) is 3.81. The molecule has 0 aromatic rings. The average molecular weight is 236 g/mol. The standard InChI is InChI=1S/C14H24N2O/c1-4-16(12(2)3)13(17)14(11-15)9-7-5-6-8-10-14/h12H,4-10H2,1-3H3. The van der Waals surface area contributed by atoms with Gasteiger partial charge < -0.3 is 4.90 Å². The van der Waals surface area contributed by atoms with E-state index in [2.05, 4.69) is 6.07 Å². The van der Waals surface area contributed by atoms with Crippen molar-refractivity contribution < 1.29 is 4.79 Å². The van der Waals surface area contributed by atoms with Gasteiger partial charge >= 0.3 is 0 Å². The highest BCUT2D eigenvalue weighted by molar-refractivity contribution is 5.85. The van der Waals surface area contributed by atoms with E-state index in [9.17, 15) is 10.1 Å². The van der Waals surface area contributed by atoms with Crippen molar-refractivity contribution in [2.45, 2.75) is 65.3 Å². The smallest absolute Gasteiger partial charge is 0.243 e. The van der Waals surface area contributed by atoms with Crippen LogP contribution in [-0.2, 0) is 4.79 Å². The zero-order valence-corrected chi connectivity index (χ0v) is 11.3. The van der Waals surface area contributed by atoms with Gasteiger partial charge in [0.05, 0.1) is 6.07 Å². The van der Waals surface area contributed by atoms with E-state index in [0.29, 0.717) is 6.54 Å². The Hall–Kier alpha value is -1.04. The summed E-state index contributed by atoms with van der Waals surface area (Å²) in [5, 5.41) is 9.47. The zero-order chi connectivity index (χ0) is 12.9. The van der Waals surface area contributed by atoms with Gasteiger partial charge in [0.15, 0.2) is 0 Å². The number of amides is 1. The molecular formula is C14H24N2O. The summed E-state index contributed by atoms with van der Waals surface area (Å²) in [5.74, 6) is 0.0550. The maximum atomic E-state index is 12.6. The summed E-state index contributed by atoms with van der Waals surface area (Å²) in [6, 6.07) is 2.52. The third kappa shape index (κ3) is 3.00. The number of nitriles is 1. The lowest BCUT2D eigenvalue weighted by Crippen LogP contribution is -2.46. The van der Waals surface area contributed by atoms with Crippen LogP contribution in [0.25, 0.3) is 0 Å². The molecule has 0 atom stereocenters. The summed E-state index contributed by atoms with van der Waals surface area (Å²) >= 11 is 0. The average Bonchev–Trinajstić information content (AvgIpc) is 2.55. The summed E-state index contributed by atoms with van der Waals surface area (Å²) in [6.07, 6.45) is 5.82. The molecule has 96 valence electrons. The Morgan fingerprint density at radius 2 is 1.82 bits per heavy atom. The minimum absolute atomic E-state index is 0.0550. The van der Waals surface area contributed by atoms with Crippen molar-refractivity contribution in [2.75, 3.05) is 6.54 Å². The molecule has 0 aromatic heterocycles. The molecule has 0 radical (unpaired) electrons. The van der Waals surface area contributed by atoms with Gasteiger partial charge in [-0.2, -0.15) is 5.26 Å². The van der Waals surface area contributed by atoms with Gasteiger partial charge in [-0.25, -0.2) is 0 Å². The summed E-state index contributed by atoms with van der Waals surface area (Å²) in [6.45, 7) is 6.71. The number of carbonyl (C=O) groups excluding carboxylic acids is 1. The number of hydrogen-bond donors (Lipinski definition) is 0. The van der Waals surface area contributed by atoms with Crippen LogP contribution in [0.3, 0.4) is 0 Å². The molecule has 0 heterocycles. The molecule has 1 amide bonds. The van der Waals surface area contributed by atoms with Gasteiger partial charge in [-0.3, -0.25) is 4.79 Å². The molecule has 1 aliphatic carbocycles. The molecule has 0 bridgehead atoms. The monoisotopic (exact) mass is 236 g/mol. The van der Waals surface area contributed by atoms with Gasteiger partial charge in [0.25, 0.3) is 0 Å². The van der Waals surface area contributed by atoms with E-state index in [1.165, 1.54) is 0 Å². The Morgan fingerprint density at radius 3 is 2.18 bits per heavy atom. The highest BCUT2D eigenvalue weighted by Crippen LogP contribution is 2.36. The number of hydrogen-bond acceptors (Lipinski definition) is 2. The van der Waals surface area contributed by atoms with Crippen LogP contribution in [0.2, 0.25) is 0 Å². The molecule has 0 unspecified atom stereocenters. The maximum absolute atomic E-state index is 12.6. The summed E-state index contributed by atoms with van der Waals surface area (Å²) in [5.41, 5.74) is -0.739. The predicted octanol–water partition coefficient (Wildman–Crippen LogP) is 3.11. The van der Waals surface area contributed by atoms with E-state index >= 15 is 0 Å². The van der Waals surface area contributed by atoms with Crippen LogP contribution in [0.5, 0.6) is 0 Å². The molecule has 0 aromatic carbocycles. The number of rotatable bonds is 3. The van der Waals surface area contributed by atoms with Crippen LogP contribution in [-0.4, -0.2) is 23.4 Å². The normalized spacial score (nSPS) is 19.5. The van der Waals surface area contributed by atoms with Crippen LogP contribution < -0.4 is 0 Å². The van der Waals surface area contributed by atoms with Crippen molar-refractivity contribution in [3.8, 4) is 6.07 Å². The van der Waals surface area contributed by atoms with Crippen LogP contribution in [0.4, 0.5) is 0 Å². The van der Waals surface area contributed by atoms with Crippen molar-refractivity contribution >= 4 is 5.91 Å². The third-order valence-electron chi connectivity index (χ3n) is 3.81. The Morgan fingerprint density at radius 1 is 1.29 bits per heavy atom.